The molecule has 0 unspecified atom stereocenters. The molecule has 0 aromatic carbocycles. The molecule has 2 saturated heterocycles. The molecule has 0 bridgehead atoms. The van der Waals surface area contributed by atoms with Crippen molar-refractivity contribution in [2.45, 2.75) is 6.92 Å². The fourth-order valence-corrected chi connectivity index (χ4v) is 4.10. The minimum atomic E-state index is -0.0512. The van der Waals surface area contributed by atoms with E-state index in [2.05, 4.69) is 31.9 Å². The minimum Gasteiger partial charge on any atom is -0.344 e. The summed E-state index contributed by atoms with van der Waals surface area (Å²) in [6.07, 6.45) is 3.40. The van der Waals surface area contributed by atoms with Gasteiger partial charge in [0.15, 0.2) is 0 Å². The molecule has 4 rings (SSSR count). The number of anilines is 3. The number of nitrogens with zero attached hydrogens (tertiary/aromatic N) is 7. The molecule has 9 heteroatoms. The summed E-state index contributed by atoms with van der Waals surface area (Å²) in [6, 6.07) is 3.64. The monoisotopic (exact) mass is 359 g/mol. The highest BCUT2D eigenvalue weighted by molar-refractivity contribution is 7.19. The first-order valence-corrected chi connectivity index (χ1v) is 9.38. The number of urea groups is 1. The lowest BCUT2D eigenvalue weighted by molar-refractivity contribution is 0.256. The van der Waals surface area contributed by atoms with Crippen LogP contribution in [0.1, 0.15) is 6.92 Å². The minimum absolute atomic E-state index is 0.0512. The molecule has 0 radical (unpaired) electrons. The molecule has 2 fully saturated rings. The van der Waals surface area contributed by atoms with Gasteiger partial charge < -0.3 is 9.80 Å². The van der Waals surface area contributed by atoms with E-state index in [1.165, 1.54) is 11.3 Å². The van der Waals surface area contributed by atoms with Gasteiger partial charge in [0.05, 0.1) is 0 Å². The van der Waals surface area contributed by atoms with Crippen LogP contribution in [0.4, 0.5) is 20.7 Å². The second-order valence-corrected chi connectivity index (χ2v) is 7.01. The van der Waals surface area contributed by atoms with Gasteiger partial charge in [-0.2, -0.15) is 0 Å². The molecule has 8 nitrogen and oxygen atoms in total. The topological polar surface area (TPSA) is 68.7 Å². The Morgan fingerprint density at radius 3 is 2.36 bits per heavy atom. The second kappa shape index (κ2) is 6.93. The number of hydrogen-bond acceptors (Lipinski definition) is 7. The lowest BCUT2D eigenvalue weighted by Crippen LogP contribution is -2.46. The van der Waals surface area contributed by atoms with Gasteiger partial charge >= 0.3 is 6.03 Å². The predicted octanol–water partition coefficient (Wildman–Crippen LogP) is 1.52. The van der Waals surface area contributed by atoms with Crippen molar-refractivity contribution in [2.75, 3.05) is 60.5 Å². The number of rotatable bonds is 4. The predicted molar refractivity (Wildman–Crippen MR) is 98.6 cm³/mol. The van der Waals surface area contributed by atoms with Crippen LogP contribution in [0.3, 0.4) is 0 Å². The van der Waals surface area contributed by atoms with Crippen LogP contribution in [0.5, 0.6) is 0 Å². The zero-order valence-corrected chi connectivity index (χ0v) is 15.0. The number of carbonyl (C=O) groups excluding carboxylic acids is 1. The van der Waals surface area contributed by atoms with Crippen LogP contribution in [0.25, 0.3) is 0 Å². The average Bonchev–Trinajstić information content (AvgIpc) is 3.29. The van der Waals surface area contributed by atoms with Gasteiger partial charge in [-0.3, -0.25) is 14.8 Å². The average molecular weight is 359 g/mol. The molecule has 0 aliphatic carbocycles. The summed E-state index contributed by atoms with van der Waals surface area (Å²) >= 11 is 1.50. The van der Waals surface area contributed by atoms with E-state index in [1.807, 2.05) is 12.1 Å². The smallest absolute Gasteiger partial charge is 0.330 e. The van der Waals surface area contributed by atoms with Crippen LogP contribution in [0.15, 0.2) is 24.5 Å². The Morgan fingerprint density at radius 1 is 0.960 bits per heavy atom. The van der Waals surface area contributed by atoms with E-state index in [-0.39, 0.29) is 6.03 Å². The van der Waals surface area contributed by atoms with Crippen molar-refractivity contribution in [3.63, 3.8) is 0 Å². The molecule has 2 aliphatic heterocycles. The van der Waals surface area contributed by atoms with Gasteiger partial charge in [0.1, 0.15) is 0 Å². The Bertz CT molecular complexity index is 729. The molecule has 0 N–H and O–H groups in total. The number of pyridine rings is 1. The van der Waals surface area contributed by atoms with Gasteiger partial charge in [0.2, 0.25) is 10.3 Å². The van der Waals surface area contributed by atoms with Crippen LogP contribution in [0.2, 0.25) is 0 Å². The van der Waals surface area contributed by atoms with Crippen molar-refractivity contribution in [2.24, 2.45) is 0 Å². The number of aromatic nitrogens is 3. The highest BCUT2D eigenvalue weighted by Gasteiger charge is 2.33. The molecule has 0 saturated carbocycles. The largest absolute Gasteiger partial charge is 0.344 e. The van der Waals surface area contributed by atoms with E-state index in [0.717, 1.165) is 43.5 Å². The van der Waals surface area contributed by atoms with Crippen molar-refractivity contribution in [3.05, 3.63) is 24.5 Å². The first kappa shape index (κ1) is 16.2. The summed E-state index contributed by atoms with van der Waals surface area (Å²) in [5, 5.41) is 10.2. The van der Waals surface area contributed by atoms with Crippen molar-refractivity contribution in [1.82, 2.24) is 20.1 Å². The summed E-state index contributed by atoms with van der Waals surface area (Å²) < 4.78 is 0. The molecular weight excluding hydrogens is 338 g/mol. The van der Waals surface area contributed by atoms with Gasteiger partial charge in [0.25, 0.3) is 0 Å². The SMILES string of the molecule is CCN1CCN(c2nnc(N3CCN(c4ccncc4)C3=O)s2)CC1. The standard InChI is InChI=1S/C16H21N7OS/c1-2-20-7-9-21(10-8-20)14-18-19-15(25-14)23-12-11-22(16(23)24)13-3-5-17-6-4-13/h3-6H,2,7-12H2,1H3. The van der Waals surface area contributed by atoms with Gasteiger partial charge in [-0.1, -0.05) is 18.3 Å². The number of hydrogen-bond donors (Lipinski definition) is 0. The summed E-state index contributed by atoms with van der Waals surface area (Å²) in [4.78, 5) is 24.9. The second-order valence-electron chi connectivity index (χ2n) is 6.08. The molecule has 2 amide bonds. The molecule has 2 aromatic heterocycles. The van der Waals surface area contributed by atoms with Crippen molar-refractivity contribution < 1.29 is 4.79 Å². The van der Waals surface area contributed by atoms with Crippen molar-refractivity contribution in [3.8, 4) is 0 Å². The van der Waals surface area contributed by atoms with Crippen LogP contribution < -0.4 is 14.7 Å². The Kier molecular flexibility index (Phi) is 4.50. The highest BCUT2D eigenvalue weighted by Crippen LogP contribution is 2.31. The first-order valence-electron chi connectivity index (χ1n) is 8.56. The molecule has 0 atom stereocenters. The third-order valence-electron chi connectivity index (χ3n) is 4.71. The summed E-state index contributed by atoms with van der Waals surface area (Å²) in [5.74, 6) is 0. The fourth-order valence-electron chi connectivity index (χ4n) is 3.18. The van der Waals surface area contributed by atoms with Crippen LogP contribution in [0, 0.1) is 0 Å². The number of likely N-dealkylation sites (N-methyl/N-ethyl adjacent to an activating group) is 1. The normalized spacial score (nSPS) is 19.1. The molecule has 25 heavy (non-hydrogen) atoms. The van der Waals surface area contributed by atoms with E-state index < -0.39 is 0 Å². The Balaban J connectivity index is 1.45. The molecule has 0 spiro atoms. The maximum Gasteiger partial charge on any atom is 0.330 e. The number of carbonyl (C=O) groups is 1. The molecule has 4 heterocycles. The zero-order chi connectivity index (χ0) is 17.2. The van der Waals surface area contributed by atoms with Crippen molar-refractivity contribution >= 4 is 33.3 Å². The summed E-state index contributed by atoms with van der Waals surface area (Å²) in [7, 11) is 0. The zero-order valence-electron chi connectivity index (χ0n) is 14.2. The number of piperazine rings is 1. The van der Waals surface area contributed by atoms with Crippen LogP contribution in [-0.2, 0) is 0 Å². The first-order chi connectivity index (χ1) is 12.3. The maximum absolute atomic E-state index is 12.7. The lowest BCUT2D eigenvalue weighted by Gasteiger charge is -2.33. The molecule has 2 aliphatic rings. The fraction of sp³-hybridized carbons (Fsp3) is 0.500. The quantitative estimate of drug-likeness (QED) is 0.824. The summed E-state index contributed by atoms with van der Waals surface area (Å²) in [6.45, 7) is 8.55. The van der Waals surface area contributed by atoms with Gasteiger partial charge in [-0.05, 0) is 18.7 Å². The van der Waals surface area contributed by atoms with E-state index in [4.69, 9.17) is 0 Å². The highest BCUT2D eigenvalue weighted by atomic mass is 32.1. The Hall–Kier alpha value is -2.26. The molecule has 2 aromatic rings. The third-order valence-corrected chi connectivity index (χ3v) is 5.72. The van der Waals surface area contributed by atoms with Gasteiger partial charge in [-0.25, -0.2) is 4.79 Å². The number of amides is 2. The van der Waals surface area contributed by atoms with Gasteiger partial charge in [0, 0.05) is 57.3 Å². The van der Waals surface area contributed by atoms with Crippen molar-refractivity contribution in [1.29, 1.82) is 0 Å². The Labute approximate surface area is 150 Å². The van der Waals surface area contributed by atoms with E-state index in [9.17, 15) is 4.79 Å². The van der Waals surface area contributed by atoms with E-state index in [1.54, 1.807) is 22.2 Å². The Morgan fingerprint density at radius 2 is 1.64 bits per heavy atom. The van der Waals surface area contributed by atoms with Crippen LogP contribution >= 0.6 is 11.3 Å². The molecular formula is C16H21N7OS. The van der Waals surface area contributed by atoms with Crippen LogP contribution in [-0.4, -0.2) is 71.9 Å². The third kappa shape index (κ3) is 3.16. The lowest BCUT2D eigenvalue weighted by atomic mass is 10.3. The van der Waals surface area contributed by atoms with E-state index in [0.29, 0.717) is 18.2 Å². The van der Waals surface area contributed by atoms with Gasteiger partial charge in [-0.15, -0.1) is 10.2 Å². The van der Waals surface area contributed by atoms with E-state index >= 15 is 0 Å². The summed E-state index contributed by atoms with van der Waals surface area (Å²) in [5.41, 5.74) is 0.864. The maximum atomic E-state index is 12.7. The molecule has 132 valence electrons.